The van der Waals surface area contributed by atoms with Crippen LogP contribution in [0, 0.1) is 11.8 Å². The summed E-state index contributed by atoms with van der Waals surface area (Å²) in [6.45, 7) is 3.61. The van der Waals surface area contributed by atoms with E-state index in [0.717, 1.165) is 44.6 Å². The van der Waals surface area contributed by atoms with E-state index >= 15 is 0 Å². The largest absolute Gasteiger partial charge is 0.453 e. The number of rotatable bonds is 4. The first kappa shape index (κ1) is 23.3. The Hall–Kier alpha value is -2.89. The van der Waals surface area contributed by atoms with Crippen molar-refractivity contribution in [2.75, 3.05) is 38.3 Å². The average molecular weight is 471 g/mol. The van der Waals surface area contributed by atoms with E-state index in [1.807, 2.05) is 11.9 Å². The van der Waals surface area contributed by atoms with Crippen molar-refractivity contribution >= 4 is 40.3 Å². The maximum atomic E-state index is 12.6. The number of hydrogen-bond acceptors (Lipinski definition) is 7. The molecule has 0 spiro atoms. The van der Waals surface area contributed by atoms with Crippen LogP contribution in [0.25, 0.3) is 11.0 Å². The molecule has 4 rings (SSSR count). The van der Waals surface area contributed by atoms with E-state index in [2.05, 4.69) is 21.7 Å². The number of benzene rings is 1. The highest BCUT2D eigenvalue weighted by Crippen LogP contribution is 2.26. The minimum Gasteiger partial charge on any atom is -0.453 e. The number of likely N-dealkylation sites (N-methyl/N-ethyl adjacent to an activating group) is 1. The Kier molecular flexibility index (Phi) is 7.31. The number of piperidine rings is 1. The third-order valence-electron chi connectivity index (χ3n) is 6.08. The molecule has 0 N–H and O–H groups in total. The molecule has 2 fully saturated rings. The maximum absolute atomic E-state index is 12.6. The van der Waals surface area contributed by atoms with Crippen molar-refractivity contribution in [3.63, 3.8) is 0 Å². The minimum atomic E-state index is -0.377. The molecule has 1 aromatic carbocycles. The van der Waals surface area contributed by atoms with Gasteiger partial charge in [-0.05, 0) is 37.8 Å². The van der Waals surface area contributed by atoms with E-state index in [0.29, 0.717) is 28.2 Å². The second-order valence-corrected chi connectivity index (χ2v) is 8.71. The highest BCUT2D eigenvalue weighted by molar-refractivity contribution is 6.32. The fourth-order valence-electron chi connectivity index (χ4n) is 4.20. The van der Waals surface area contributed by atoms with Crippen LogP contribution in [0.15, 0.2) is 18.3 Å². The predicted molar refractivity (Wildman–Crippen MR) is 125 cm³/mol. The van der Waals surface area contributed by atoms with Gasteiger partial charge in [-0.2, -0.15) is 0 Å². The van der Waals surface area contributed by atoms with Crippen LogP contribution in [0.2, 0.25) is 5.02 Å². The van der Waals surface area contributed by atoms with E-state index in [1.165, 1.54) is 6.92 Å². The van der Waals surface area contributed by atoms with E-state index < -0.39 is 0 Å². The van der Waals surface area contributed by atoms with Crippen molar-refractivity contribution in [2.45, 2.75) is 44.8 Å². The molecule has 0 aliphatic carbocycles. The zero-order chi connectivity index (χ0) is 23.4. The van der Waals surface area contributed by atoms with Gasteiger partial charge < -0.3 is 19.3 Å². The molecule has 9 heteroatoms. The molecule has 1 atom stereocenters. The maximum Gasteiger partial charge on any atom is 0.303 e. The molecule has 1 amide bonds. The Morgan fingerprint density at radius 3 is 2.76 bits per heavy atom. The van der Waals surface area contributed by atoms with Crippen LogP contribution in [0.5, 0.6) is 0 Å². The molecule has 1 aromatic heterocycles. The highest BCUT2D eigenvalue weighted by Gasteiger charge is 2.32. The summed E-state index contributed by atoms with van der Waals surface area (Å²) in [6, 6.07) is 3.74. The lowest BCUT2D eigenvalue weighted by Gasteiger charge is -2.37. The second-order valence-electron chi connectivity index (χ2n) is 8.30. The predicted octanol–water partition coefficient (Wildman–Crippen LogP) is 2.80. The number of hydrogen-bond donors (Lipinski definition) is 0. The lowest BCUT2D eigenvalue weighted by atomic mass is 10.0. The van der Waals surface area contributed by atoms with Gasteiger partial charge >= 0.3 is 5.97 Å². The van der Waals surface area contributed by atoms with Crippen LogP contribution >= 0.6 is 11.6 Å². The standard InChI is InChI=1S/C24H27ClN4O4/c1-16(30)32-11-3-5-17-13-20-21(14-19(17)25)27-23(15-26-20)29-9-7-18(8-10-29)28(2)24(31)22-6-4-12-33-22/h13-15,18,22H,4,6-12H2,1-2H3/t22-/m1/s1. The van der Waals surface area contributed by atoms with Crippen LogP contribution < -0.4 is 4.90 Å². The summed E-state index contributed by atoms with van der Waals surface area (Å²) < 4.78 is 10.4. The van der Waals surface area contributed by atoms with Crippen molar-refractivity contribution in [3.05, 3.63) is 28.9 Å². The van der Waals surface area contributed by atoms with Crippen molar-refractivity contribution in [1.29, 1.82) is 0 Å². The van der Waals surface area contributed by atoms with Gasteiger partial charge in [-0.1, -0.05) is 23.4 Å². The Balaban J connectivity index is 1.40. The number of amides is 1. The van der Waals surface area contributed by atoms with Crippen molar-refractivity contribution in [3.8, 4) is 11.8 Å². The summed E-state index contributed by atoms with van der Waals surface area (Å²) in [4.78, 5) is 36.8. The number of nitrogens with zero attached hydrogens (tertiary/aromatic N) is 4. The summed E-state index contributed by atoms with van der Waals surface area (Å²) in [6.07, 6.45) is 4.99. The minimum absolute atomic E-state index is 0.0126. The average Bonchev–Trinajstić information content (AvgIpc) is 3.36. The number of anilines is 1. The second kappa shape index (κ2) is 10.4. The smallest absolute Gasteiger partial charge is 0.303 e. The normalized spacial score (nSPS) is 18.6. The van der Waals surface area contributed by atoms with Gasteiger partial charge in [-0.15, -0.1) is 0 Å². The number of ether oxygens (including phenoxy) is 2. The fraction of sp³-hybridized carbons (Fsp3) is 0.500. The summed E-state index contributed by atoms with van der Waals surface area (Å²) in [5.74, 6) is 6.18. The van der Waals surface area contributed by atoms with Gasteiger partial charge in [-0.3, -0.25) is 14.6 Å². The monoisotopic (exact) mass is 470 g/mol. The van der Waals surface area contributed by atoms with Gasteiger partial charge in [0.15, 0.2) is 6.61 Å². The molecule has 0 unspecified atom stereocenters. The molecule has 2 aromatic rings. The third kappa shape index (κ3) is 5.55. The van der Waals surface area contributed by atoms with Crippen LogP contribution in [-0.2, 0) is 19.1 Å². The van der Waals surface area contributed by atoms with E-state index in [1.54, 1.807) is 18.3 Å². The zero-order valence-electron chi connectivity index (χ0n) is 18.8. The first-order valence-corrected chi connectivity index (χ1v) is 11.5. The van der Waals surface area contributed by atoms with Gasteiger partial charge in [0.05, 0.1) is 22.3 Å². The third-order valence-corrected chi connectivity index (χ3v) is 6.39. The van der Waals surface area contributed by atoms with Gasteiger partial charge in [0.2, 0.25) is 0 Å². The lowest BCUT2D eigenvalue weighted by Crippen LogP contribution is -2.48. The molecule has 0 bridgehead atoms. The molecule has 33 heavy (non-hydrogen) atoms. The molecule has 3 heterocycles. The molecular weight excluding hydrogens is 444 g/mol. The molecule has 0 radical (unpaired) electrons. The first-order valence-electron chi connectivity index (χ1n) is 11.1. The Labute approximate surface area is 198 Å². The van der Waals surface area contributed by atoms with Crippen molar-refractivity contribution < 1.29 is 19.1 Å². The number of esters is 1. The highest BCUT2D eigenvalue weighted by atomic mass is 35.5. The molecule has 8 nitrogen and oxygen atoms in total. The Bertz CT molecular complexity index is 1100. The fourth-order valence-corrected chi connectivity index (χ4v) is 4.41. The van der Waals surface area contributed by atoms with E-state index in [4.69, 9.17) is 26.1 Å². The SMILES string of the molecule is CC(=O)OCC#Cc1cc2ncc(N3CCC(N(C)C(=O)[C@H]4CCCO4)CC3)nc2cc1Cl. The summed E-state index contributed by atoms with van der Waals surface area (Å²) in [7, 11) is 1.88. The molecule has 2 saturated heterocycles. The van der Waals surface area contributed by atoms with Gasteiger partial charge in [-0.25, -0.2) is 4.98 Å². The Morgan fingerprint density at radius 1 is 1.27 bits per heavy atom. The van der Waals surface area contributed by atoms with Gasteiger partial charge in [0.25, 0.3) is 5.91 Å². The van der Waals surface area contributed by atoms with Crippen molar-refractivity contribution in [2.24, 2.45) is 0 Å². The molecule has 174 valence electrons. The topological polar surface area (TPSA) is 84.9 Å². The molecular formula is C24H27ClN4O4. The van der Waals surface area contributed by atoms with E-state index in [-0.39, 0.29) is 30.6 Å². The lowest BCUT2D eigenvalue weighted by molar-refractivity contribution is -0.142. The molecule has 2 aliphatic heterocycles. The van der Waals surface area contributed by atoms with Crippen molar-refractivity contribution in [1.82, 2.24) is 14.9 Å². The summed E-state index contributed by atoms with van der Waals surface area (Å²) in [5.41, 5.74) is 1.99. The number of carbonyl (C=O) groups excluding carboxylic acids is 2. The molecule has 2 aliphatic rings. The summed E-state index contributed by atoms with van der Waals surface area (Å²) in [5, 5.41) is 0.470. The van der Waals surface area contributed by atoms with Gasteiger partial charge in [0, 0.05) is 45.3 Å². The van der Waals surface area contributed by atoms with Crippen LogP contribution in [-0.4, -0.2) is 72.2 Å². The van der Waals surface area contributed by atoms with Crippen LogP contribution in [0.4, 0.5) is 5.82 Å². The zero-order valence-corrected chi connectivity index (χ0v) is 19.6. The van der Waals surface area contributed by atoms with Gasteiger partial charge in [0.1, 0.15) is 11.9 Å². The first-order chi connectivity index (χ1) is 15.9. The Morgan fingerprint density at radius 2 is 2.06 bits per heavy atom. The van der Waals surface area contributed by atoms with Crippen LogP contribution in [0.1, 0.15) is 38.2 Å². The quantitative estimate of drug-likeness (QED) is 0.501. The number of aromatic nitrogens is 2. The number of carbonyl (C=O) groups is 2. The van der Waals surface area contributed by atoms with Crippen LogP contribution in [0.3, 0.4) is 0 Å². The van der Waals surface area contributed by atoms with E-state index in [9.17, 15) is 9.59 Å². The number of fused-ring (bicyclic) bond motifs is 1. The molecule has 0 saturated carbocycles. The summed E-state index contributed by atoms with van der Waals surface area (Å²) >= 11 is 6.38. The number of halogens is 1.